The zero-order valence-electron chi connectivity index (χ0n) is 12.0. The van der Waals surface area contributed by atoms with E-state index in [9.17, 15) is 23.1 Å². The minimum atomic E-state index is -4.53. The van der Waals surface area contributed by atoms with E-state index in [1.54, 1.807) is 30.3 Å². The summed E-state index contributed by atoms with van der Waals surface area (Å²) in [5.41, 5.74) is 0.0194. The fourth-order valence-electron chi connectivity index (χ4n) is 2.67. The number of ether oxygens (including phenoxy) is 1. The minimum absolute atomic E-state index is 0.0194. The maximum Gasteiger partial charge on any atom is 0.416 e. The molecule has 7 heteroatoms. The first-order valence-electron chi connectivity index (χ1n) is 7.06. The van der Waals surface area contributed by atoms with Crippen LogP contribution >= 0.6 is 0 Å². The SMILES string of the molecule is O=C(c1c(O)ccc2ccccc12)N1CCOC(C(F)(F)F)C1. The molecule has 0 saturated carbocycles. The molecule has 1 amide bonds. The molecule has 1 saturated heterocycles. The van der Waals surface area contributed by atoms with Crippen LogP contribution in [0, 0.1) is 0 Å². The smallest absolute Gasteiger partial charge is 0.416 e. The van der Waals surface area contributed by atoms with Crippen LogP contribution in [0.3, 0.4) is 0 Å². The van der Waals surface area contributed by atoms with Crippen molar-refractivity contribution in [3.05, 3.63) is 42.0 Å². The second kappa shape index (κ2) is 5.73. The van der Waals surface area contributed by atoms with E-state index in [4.69, 9.17) is 4.74 Å². The Morgan fingerprint density at radius 1 is 1.22 bits per heavy atom. The van der Waals surface area contributed by atoms with Gasteiger partial charge in [0.2, 0.25) is 0 Å². The van der Waals surface area contributed by atoms with Crippen LogP contribution in [0.2, 0.25) is 0 Å². The minimum Gasteiger partial charge on any atom is -0.507 e. The summed E-state index contributed by atoms with van der Waals surface area (Å²) in [5, 5.41) is 11.3. The number of rotatable bonds is 1. The third-order valence-electron chi connectivity index (χ3n) is 3.84. The van der Waals surface area contributed by atoms with Crippen molar-refractivity contribution in [2.24, 2.45) is 0 Å². The van der Waals surface area contributed by atoms with Crippen LogP contribution in [0.1, 0.15) is 10.4 Å². The topological polar surface area (TPSA) is 49.8 Å². The zero-order valence-corrected chi connectivity index (χ0v) is 12.0. The molecule has 23 heavy (non-hydrogen) atoms. The van der Waals surface area contributed by atoms with Crippen LogP contribution in [-0.4, -0.2) is 47.9 Å². The van der Waals surface area contributed by atoms with Gasteiger partial charge in [0, 0.05) is 6.54 Å². The molecule has 1 fully saturated rings. The van der Waals surface area contributed by atoms with E-state index in [-0.39, 0.29) is 24.5 Å². The molecule has 1 atom stereocenters. The summed E-state index contributed by atoms with van der Waals surface area (Å²) in [7, 11) is 0. The summed E-state index contributed by atoms with van der Waals surface area (Å²) in [6, 6.07) is 9.93. The van der Waals surface area contributed by atoms with Crippen molar-refractivity contribution in [1.82, 2.24) is 4.90 Å². The molecular weight excluding hydrogens is 311 g/mol. The first-order valence-corrected chi connectivity index (χ1v) is 7.06. The molecule has 0 spiro atoms. The van der Waals surface area contributed by atoms with Crippen LogP contribution in [0.4, 0.5) is 13.2 Å². The summed E-state index contributed by atoms with van der Waals surface area (Å²) in [5.74, 6) is -0.874. The number of morpholine rings is 1. The Morgan fingerprint density at radius 3 is 2.70 bits per heavy atom. The van der Waals surface area contributed by atoms with Crippen molar-refractivity contribution in [3.63, 3.8) is 0 Å². The number of fused-ring (bicyclic) bond motifs is 1. The average Bonchev–Trinajstić information content (AvgIpc) is 2.53. The number of halogens is 3. The molecule has 122 valence electrons. The van der Waals surface area contributed by atoms with Gasteiger partial charge in [-0.25, -0.2) is 0 Å². The number of alkyl halides is 3. The predicted molar refractivity (Wildman–Crippen MR) is 77.3 cm³/mol. The van der Waals surface area contributed by atoms with Crippen molar-refractivity contribution in [2.45, 2.75) is 12.3 Å². The Balaban J connectivity index is 1.96. The largest absolute Gasteiger partial charge is 0.507 e. The van der Waals surface area contributed by atoms with Gasteiger partial charge in [0.15, 0.2) is 6.10 Å². The maximum atomic E-state index is 12.8. The lowest BCUT2D eigenvalue weighted by Gasteiger charge is -2.34. The number of aromatic hydroxyl groups is 1. The summed E-state index contributed by atoms with van der Waals surface area (Å²) in [6.07, 6.45) is -6.53. The second-order valence-corrected chi connectivity index (χ2v) is 5.33. The van der Waals surface area contributed by atoms with Crippen LogP contribution in [-0.2, 0) is 4.74 Å². The van der Waals surface area contributed by atoms with Crippen molar-refractivity contribution in [3.8, 4) is 5.75 Å². The van der Waals surface area contributed by atoms with Crippen molar-refractivity contribution in [2.75, 3.05) is 19.7 Å². The van der Waals surface area contributed by atoms with Gasteiger partial charge in [-0.05, 0) is 16.8 Å². The second-order valence-electron chi connectivity index (χ2n) is 5.33. The number of carbonyl (C=O) groups is 1. The van der Waals surface area contributed by atoms with Gasteiger partial charge in [0.05, 0.1) is 18.7 Å². The highest BCUT2D eigenvalue weighted by Gasteiger charge is 2.44. The van der Waals surface area contributed by atoms with Gasteiger partial charge in [0.1, 0.15) is 5.75 Å². The standard InChI is InChI=1S/C16H14F3NO3/c17-16(18,19)13-9-20(7-8-23-13)15(22)14-11-4-2-1-3-10(11)5-6-12(14)21/h1-6,13,21H,7-9H2. The van der Waals surface area contributed by atoms with Gasteiger partial charge >= 0.3 is 6.18 Å². The van der Waals surface area contributed by atoms with Crippen LogP contribution in [0.5, 0.6) is 5.75 Å². The average molecular weight is 325 g/mol. The Labute approximate surface area is 130 Å². The molecule has 1 aliphatic heterocycles. The van der Waals surface area contributed by atoms with Gasteiger partial charge in [0.25, 0.3) is 5.91 Å². The van der Waals surface area contributed by atoms with Gasteiger partial charge in [-0.2, -0.15) is 13.2 Å². The first-order chi connectivity index (χ1) is 10.9. The Morgan fingerprint density at radius 2 is 1.96 bits per heavy atom. The van der Waals surface area contributed by atoms with E-state index in [1.807, 2.05) is 0 Å². The summed E-state index contributed by atoms with van der Waals surface area (Å²) in [6.45, 7) is -0.722. The Kier molecular flexibility index (Phi) is 3.89. The van der Waals surface area contributed by atoms with E-state index in [0.29, 0.717) is 5.39 Å². The van der Waals surface area contributed by atoms with E-state index in [0.717, 1.165) is 10.3 Å². The lowest BCUT2D eigenvalue weighted by atomic mass is 10.0. The molecule has 0 aliphatic carbocycles. The molecule has 1 unspecified atom stereocenters. The van der Waals surface area contributed by atoms with Gasteiger partial charge in [-0.15, -0.1) is 0 Å². The predicted octanol–water partition coefficient (Wildman–Crippen LogP) is 2.95. The molecule has 4 nitrogen and oxygen atoms in total. The summed E-state index contributed by atoms with van der Waals surface area (Å²) >= 11 is 0. The Bertz CT molecular complexity index is 745. The third-order valence-corrected chi connectivity index (χ3v) is 3.84. The number of phenolic OH excluding ortho intramolecular Hbond substituents is 1. The van der Waals surface area contributed by atoms with E-state index < -0.39 is 24.7 Å². The number of phenols is 1. The number of hydrogen-bond donors (Lipinski definition) is 1. The summed E-state index contributed by atoms with van der Waals surface area (Å²) in [4.78, 5) is 13.7. The summed E-state index contributed by atoms with van der Waals surface area (Å²) < 4.78 is 43.1. The molecule has 1 aliphatic rings. The van der Waals surface area contributed by atoms with E-state index in [2.05, 4.69) is 0 Å². The van der Waals surface area contributed by atoms with Crippen molar-refractivity contribution < 1.29 is 27.8 Å². The zero-order chi connectivity index (χ0) is 16.6. The molecule has 2 aromatic carbocycles. The maximum absolute atomic E-state index is 12.8. The number of amides is 1. The highest BCUT2D eigenvalue weighted by atomic mass is 19.4. The van der Waals surface area contributed by atoms with Crippen LogP contribution < -0.4 is 0 Å². The van der Waals surface area contributed by atoms with Gasteiger partial charge < -0.3 is 14.7 Å². The van der Waals surface area contributed by atoms with E-state index in [1.165, 1.54) is 6.07 Å². The molecule has 2 aromatic rings. The number of hydrogen-bond acceptors (Lipinski definition) is 3. The first kappa shape index (κ1) is 15.6. The van der Waals surface area contributed by atoms with Gasteiger partial charge in [-0.3, -0.25) is 4.79 Å². The van der Waals surface area contributed by atoms with Crippen molar-refractivity contribution >= 4 is 16.7 Å². The normalized spacial score (nSPS) is 19.1. The molecule has 1 heterocycles. The lowest BCUT2D eigenvalue weighted by Crippen LogP contribution is -2.51. The number of nitrogens with zero attached hydrogens (tertiary/aromatic N) is 1. The highest BCUT2D eigenvalue weighted by molar-refractivity contribution is 6.09. The molecular formula is C16H14F3NO3. The van der Waals surface area contributed by atoms with Gasteiger partial charge in [-0.1, -0.05) is 30.3 Å². The lowest BCUT2D eigenvalue weighted by molar-refractivity contribution is -0.233. The Hall–Kier alpha value is -2.28. The number of carbonyl (C=O) groups excluding carboxylic acids is 1. The number of benzene rings is 2. The molecule has 0 aromatic heterocycles. The fraction of sp³-hybridized carbons (Fsp3) is 0.312. The van der Waals surface area contributed by atoms with Crippen LogP contribution in [0.25, 0.3) is 10.8 Å². The molecule has 0 radical (unpaired) electrons. The monoisotopic (exact) mass is 325 g/mol. The molecule has 3 rings (SSSR count). The van der Waals surface area contributed by atoms with Crippen LogP contribution in [0.15, 0.2) is 36.4 Å². The molecule has 0 bridgehead atoms. The fourth-order valence-corrected chi connectivity index (χ4v) is 2.67. The third kappa shape index (κ3) is 2.96. The van der Waals surface area contributed by atoms with E-state index >= 15 is 0 Å². The molecule has 1 N–H and O–H groups in total. The quantitative estimate of drug-likeness (QED) is 0.877. The highest BCUT2D eigenvalue weighted by Crippen LogP contribution is 2.31. The van der Waals surface area contributed by atoms with Crippen molar-refractivity contribution in [1.29, 1.82) is 0 Å².